The molecule has 1 aromatic carbocycles. The monoisotopic (exact) mass is 254 g/mol. The van der Waals surface area contributed by atoms with Crippen molar-refractivity contribution in [3.05, 3.63) is 56.5 Å². The Balaban J connectivity index is 2.54. The number of ketones is 1. The minimum Gasteiger partial charge on any atom is -0.288 e. The Bertz CT molecular complexity index is 527. The molecule has 0 radical (unpaired) electrons. The van der Waals surface area contributed by atoms with Gasteiger partial charge < -0.3 is 0 Å². The van der Waals surface area contributed by atoms with Gasteiger partial charge in [-0.2, -0.15) is 0 Å². The number of hydrogen-bond acceptors (Lipinski definition) is 2. The van der Waals surface area contributed by atoms with Gasteiger partial charge in [0, 0.05) is 10.4 Å². The third-order valence-corrected chi connectivity index (χ3v) is 3.45. The average molecular weight is 255 g/mol. The molecular weight excluding hydrogens is 247 g/mol. The Morgan fingerprint density at radius 2 is 2.12 bits per heavy atom. The first kappa shape index (κ1) is 11.3. The molecule has 0 bridgehead atoms. The first-order chi connectivity index (χ1) is 7.61. The molecule has 0 unspecified atom stereocenters. The molecule has 2 aromatic rings. The Morgan fingerprint density at radius 1 is 1.38 bits per heavy atom. The minimum atomic E-state index is -0.580. The van der Waals surface area contributed by atoms with Crippen molar-refractivity contribution >= 4 is 28.7 Å². The summed E-state index contributed by atoms with van der Waals surface area (Å²) in [4.78, 5) is 12.9. The summed E-state index contributed by atoms with van der Waals surface area (Å²) in [5.41, 5.74) is 0.461. The van der Waals surface area contributed by atoms with E-state index in [1.54, 1.807) is 11.4 Å². The van der Waals surface area contributed by atoms with E-state index in [4.69, 9.17) is 11.6 Å². The Labute approximate surface area is 101 Å². The predicted octanol–water partition coefficient (Wildman–Crippen LogP) is 4.08. The van der Waals surface area contributed by atoms with Crippen LogP contribution in [0.5, 0.6) is 0 Å². The fourth-order valence-electron chi connectivity index (χ4n) is 1.47. The van der Waals surface area contributed by atoms with Gasteiger partial charge in [0.15, 0.2) is 5.78 Å². The van der Waals surface area contributed by atoms with Crippen molar-refractivity contribution in [2.75, 3.05) is 0 Å². The van der Waals surface area contributed by atoms with Crippen molar-refractivity contribution in [1.29, 1.82) is 0 Å². The number of aryl methyl sites for hydroxylation is 1. The Kier molecular flexibility index (Phi) is 3.08. The van der Waals surface area contributed by atoms with Crippen LogP contribution < -0.4 is 0 Å². The third kappa shape index (κ3) is 1.88. The van der Waals surface area contributed by atoms with Crippen molar-refractivity contribution in [2.24, 2.45) is 0 Å². The SMILES string of the molecule is Cc1sccc1C(=O)c1c(F)cccc1Cl. The molecule has 1 nitrogen and oxygen atoms in total. The lowest BCUT2D eigenvalue weighted by Gasteiger charge is -2.04. The van der Waals surface area contributed by atoms with E-state index < -0.39 is 5.82 Å². The molecule has 82 valence electrons. The number of rotatable bonds is 2. The van der Waals surface area contributed by atoms with Crippen molar-refractivity contribution in [1.82, 2.24) is 0 Å². The summed E-state index contributed by atoms with van der Waals surface area (Å²) in [5, 5.41) is 1.95. The normalized spacial score (nSPS) is 10.4. The molecule has 0 saturated heterocycles. The standard InChI is InChI=1S/C12H8ClFOS/c1-7-8(5-6-16-7)12(15)11-9(13)3-2-4-10(11)14/h2-6H,1H3. The van der Waals surface area contributed by atoms with E-state index in [0.717, 1.165) is 4.88 Å². The van der Waals surface area contributed by atoms with Crippen LogP contribution in [0, 0.1) is 12.7 Å². The van der Waals surface area contributed by atoms with Gasteiger partial charge in [-0.15, -0.1) is 11.3 Å². The molecule has 0 saturated carbocycles. The van der Waals surface area contributed by atoms with Gasteiger partial charge in [0.25, 0.3) is 0 Å². The molecule has 16 heavy (non-hydrogen) atoms. The Hall–Kier alpha value is -1.19. The van der Waals surface area contributed by atoms with E-state index in [0.29, 0.717) is 5.56 Å². The zero-order chi connectivity index (χ0) is 11.7. The van der Waals surface area contributed by atoms with Crippen LogP contribution in [0.25, 0.3) is 0 Å². The van der Waals surface area contributed by atoms with Crippen molar-refractivity contribution < 1.29 is 9.18 Å². The van der Waals surface area contributed by atoms with E-state index in [1.807, 2.05) is 6.92 Å². The summed E-state index contributed by atoms with van der Waals surface area (Å²) in [6.07, 6.45) is 0. The minimum absolute atomic E-state index is 0.0503. The zero-order valence-electron chi connectivity index (χ0n) is 8.46. The first-order valence-corrected chi connectivity index (χ1v) is 5.90. The summed E-state index contributed by atoms with van der Waals surface area (Å²) >= 11 is 7.29. The topological polar surface area (TPSA) is 17.1 Å². The number of carbonyl (C=O) groups excluding carboxylic acids is 1. The average Bonchev–Trinajstić information content (AvgIpc) is 2.64. The van der Waals surface area contributed by atoms with Crippen LogP contribution in [0.15, 0.2) is 29.6 Å². The summed E-state index contributed by atoms with van der Waals surface area (Å²) < 4.78 is 13.5. The van der Waals surface area contributed by atoms with Gasteiger partial charge in [-0.25, -0.2) is 4.39 Å². The summed E-state index contributed by atoms with van der Waals surface area (Å²) in [5.74, 6) is -0.940. The quantitative estimate of drug-likeness (QED) is 0.738. The van der Waals surface area contributed by atoms with E-state index in [9.17, 15) is 9.18 Å². The number of carbonyl (C=O) groups is 1. The van der Waals surface area contributed by atoms with Crippen LogP contribution in [0.2, 0.25) is 5.02 Å². The van der Waals surface area contributed by atoms with Gasteiger partial charge in [-0.05, 0) is 30.5 Å². The number of thiophene rings is 1. The molecule has 1 aromatic heterocycles. The van der Waals surface area contributed by atoms with Crippen molar-refractivity contribution in [3.8, 4) is 0 Å². The first-order valence-electron chi connectivity index (χ1n) is 4.64. The number of benzene rings is 1. The molecular formula is C12H8ClFOS. The maximum absolute atomic E-state index is 13.5. The van der Waals surface area contributed by atoms with Gasteiger partial charge in [0.1, 0.15) is 5.82 Å². The smallest absolute Gasteiger partial charge is 0.198 e. The van der Waals surface area contributed by atoms with Gasteiger partial charge in [0.2, 0.25) is 0 Å². The van der Waals surface area contributed by atoms with Gasteiger partial charge in [-0.1, -0.05) is 17.7 Å². The second-order valence-electron chi connectivity index (χ2n) is 3.32. The molecule has 1 heterocycles. The van der Waals surface area contributed by atoms with Crippen LogP contribution in [-0.4, -0.2) is 5.78 Å². The molecule has 0 atom stereocenters. The highest BCUT2D eigenvalue weighted by Gasteiger charge is 2.19. The van der Waals surface area contributed by atoms with Gasteiger partial charge in [0.05, 0.1) is 10.6 Å². The second-order valence-corrected chi connectivity index (χ2v) is 4.84. The largest absolute Gasteiger partial charge is 0.288 e. The van der Waals surface area contributed by atoms with Crippen LogP contribution in [0.1, 0.15) is 20.8 Å². The van der Waals surface area contributed by atoms with E-state index in [2.05, 4.69) is 0 Å². The highest BCUT2D eigenvalue weighted by molar-refractivity contribution is 7.10. The molecule has 0 aliphatic carbocycles. The molecule has 0 aliphatic heterocycles. The fourth-order valence-corrected chi connectivity index (χ4v) is 2.41. The van der Waals surface area contributed by atoms with Gasteiger partial charge >= 0.3 is 0 Å². The molecule has 4 heteroatoms. The molecule has 0 spiro atoms. The molecule has 2 rings (SSSR count). The molecule has 0 N–H and O–H groups in total. The van der Waals surface area contributed by atoms with E-state index in [-0.39, 0.29) is 16.4 Å². The van der Waals surface area contributed by atoms with E-state index >= 15 is 0 Å². The third-order valence-electron chi connectivity index (χ3n) is 2.29. The van der Waals surface area contributed by atoms with Crippen LogP contribution in [0.4, 0.5) is 4.39 Å². The zero-order valence-corrected chi connectivity index (χ0v) is 10.0. The lowest BCUT2D eigenvalue weighted by molar-refractivity contribution is 0.103. The second kappa shape index (κ2) is 4.36. The summed E-state index contributed by atoms with van der Waals surface area (Å²) in [6, 6.07) is 5.92. The maximum atomic E-state index is 13.5. The number of halogens is 2. The lowest BCUT2D eigenvalue weighted by Crippen LogP contribution is -2.05. The highest BCUT2D eigenvalue weighted by Crippen LogP contribution is 2.25. The maximum Gasteiger partial charge on any atom is 0.198 e. The fraction of sp³-hybridized carbons (Fsp3) is 0.0833. The van der Waals surface area contributed by atoms with Crippen molar-refractivity contribution in [3.63, 3.8) is 0 Å². The number of hydrogen-bond donors (Lipinski definition) is 0. The van der Waals surface area contributed by atoms with Crippen molar-refractivity contribution in [2.45, 2.75) is 6.92 Å². The molecule has 0 amide bonds. The lowest BCUT2D eigenvalue weighted by atomic mass is 10.0. The highest BCUT2D eigenvalue weighted by atomic mass is 35.5. The van der Waals surface area contributed by atoms with Gasteiger partial charge in [-0.3, -0.25) is 4.79 Å². The van der Waals surface area contributed by atoms with Crippen LogP contribution in [-0.2, 0) is 0 Å². The molecule has 0 aliphatic rings. The van der Waals surface area contributed by atoms with Crippen LogP contribution in [0.3, 0.4) is 0 Å². The Morgan fingerprint density at radius 3 is 2.69 bits per heavy atom. The predicted molar refractivity (Wildman–Crippen MR) is 63.9 cm³/mol. The molecule has 0 fully saturated rings. The summed E-state index contributed by atoms with van der Waals surface area (Å²) in [6.45, 7) is 1.83. The van der Waals surface area contributed by atoms with E-state index in [1.165, 1.54) is 29.5 Å². The summed E-state index contributed by atoms with van der Waals surface area (Å²) in [7, 11) is 0. The van der Waals surface area contributed by atoms with Crippen LogP contribution >= 0.6 is 22.9 Å².